The fourth-order valence-electron chi connectivity index (χ4n) is 0.268. The number of amides is 1. The van der Waals surface area contributed by atoms with E-state index in [4.69, 9.17) is 0 Å². The molecule has 3 heteroatoms. The first kappa shape index (κ1) is 7.69. The average Bonchev–Trinajstić information content (AvgIpc) is 1.83. The summed E-state index contributed by atoms with van der Waals surface area (Å²) in [5, 5.41) is 0. The van der Waals surface area contributed by atoms with Crippen LogP contribution in [0.2, 0.25) is 0 Å². The standard InChI is InChI=1S/C5H9NOS/c1-6-5(7)3-4-8-2/h1,3-4H2,2H3. The van der Waals surface area contributed by atoms with Gasteiger partial charge in [0.25, 0.3) is 0 Å². The third-order valence-corrected chi connectivity index (χ3v) is 1.31. The van der Waals surface area contributed by atoms with Crippen LogP contribution in [0.5, 0.6) is 0 Å². The number of nitrogens with zero attached hydrogens (tertiary/aromatic N) is 1. The molecule has 0 fully saturated rings. The minimum absolute atomic E-state index is 0.112. The lowest BCUT2D eigenvalue weighted by molar-refractivity contribution is -0.117. The van der Waals surface area contributed by atoms with E-state index in [0.717, 1.165) is 5.75 Å². The first-order chi connectivity index (χ1) is 3.81. The second-order valence-corrected chi connectivity index (χ2v) is 2.28. The number of carbonyl (C=O) groups is 1. The Morgan fingerprint density at radius 3 is 2.88 bits per heavy atom. The molecule has 0 rings (SSSR count). The summed E-state index contributed by atoms with van der Waals surface area (Å²) in [5.41, 5.74) is 0. The van der Waals surface area contributed by atoms with Gasteiger partial charge in [0.2, 0.25) is 5.91 Å². The first-order valence-corrected chi connectivity index (χ1v) is 3.69. The van der Waals surface area contributed by atoms with E-state index in [2.05, 4.69) is 11.7 Å². The van der Waals surface area contributed by atoms with E-state index >= 15 is 0 Å². The Bertz CT molecular complexity index is 92.4. The molecule has 0 aromatic rings. The lowest BCUT2D eigenvalue weighted by Gasteiger charge is -1.87. The van der Waals surface area contributed by atoms with Gasteiger partial charge in [0.05, 0.1) is 0 Å². The lowest BCUT2D eigenvalue weighted by Crippen LogP contribution is -1.92. The maximum Gasteiger partial charge on any atom is 0.245 e. The zero-order valence-corrected chi connectivity index (χ0v) is 5.70. The maximum absolute atomic E-state index is 10.3. The predicted octanol–water partition coefficient (Wildman–Crippen LogP) is 0.967. The molecule has 0 unspecified atom stereocenters. The molecule has 0 aliphatic carbocycles. The molecule has 0 aliphatic rings. The summed E-state index contributed by atoms with van der Waals surface area (Å²) in [6, 6.07) is 0. The van der Waals surface area contributed by atoms with Crippen molar-refractivity contribution in [3.63, 3.8) is 0 Å². The highest BCUT2D eigenvalue weighted by atomic mass is 32.2. The van der Waals surface area contributed by atoms with E-state index in [1.54, 1.807) is 11.8 Å². The summed E-state index contributed by atoms with van der Waals surface area (Å²) >= 11 is 1.64. The van der Waals surface area contributed by atoms with E-state index < -0.39 is 0 Å². The van der Waals surface area contributed by atoms with Crippen LogP contribution in [-0.4, -0.2) is 24.6 Å². The summed E-state index contributed by atoms with van der Waals surface area (Å²) in [6.07, 6.45) is 2.47. The summed E-state index contributed by atoms with van der Waals surface area (Å²) in [4.78, 5) is 13.6. The van der Waals surface area contributed by atoms with Crippen molar-refractivity contribution in [2.24, 2.45) is 4.99 Å². The van der Waals surface area contributed by atoms with Gasteiger partial charge in [-0.25, -0.2) is 4.99 Å². The third kappa shape index (κ3) is 3.87. The molecule has 0 saturated heterocycles. The molecule has 0 bridgehead atoms. The highest BCUT2D eigenvalue weighted by molar-refractivity contribution is 7.98. The van der Waals surface area contributed by atoms with Crippen LogP contribution >= 0.6 is 11.8 Å². The van der Waals surface area contributed by atoms with Crippen molar-refractivity contribution in [3.05, 3.63) is 0 Å². The quantitative estimate of drug-likeness (QED) is 0.534. The highest BCUT2D eigenvalue weighted by Crippen LogP contribution is 1.95. The molecule has 0 heterocycles. The number of carbonyl (C=O) groups excluding carboxylic acids is 1. The van der Waals surface area contributed by atoms with Crippen molar-refractivity contribution < 1.29 is 4.79 Å². The predicted molar refractivity (Wildman–Crippen MR) is 37.6 cm³/mol. The second-order valence-electron chi connectivity index (χ2n) is 1.29. The molecule has 0 atom stereocenters. The highest BCUT2D eigenvalue weighted by Gasteiger charge is 1.92. The SMILES string of the molecule is C=NC(=O)CCSC. The number of hydrogen-bond donors (Lipinski definition) is 0. The van der Waals surface area contributed by atoms with Gasteiger partial charge in [0.1, 0.15) is 0 Å². The molecule has 46 valence electrons. The van der Waals surface area contributed by atoms with Gasteiger partial charge in [0, 0.05) is 12.2 Å². The number of thioether (sulfide) groups is 1. The average molecular weight is 131 g/mol. The fourth-order valence-corrected chi connectivity index (χ4v) is 0.647. The third-order valence-electron chi connectivity index (χ3n) is 0.696. The van der Waals surface area contributed by atoms with Crippen molar-refractivity contribution in [2.75, 3.05) is 12.0 Å². The van der Waals surface area contributed by atoms with Crippen LogP contribution in [0.3, 0.4) is 0 Å². The van der Waals surface area contributed by atoms with Crippen LogP contribution in [0.1, 0.15) is 6.42 Å². The number of hydrogen-bond acceptors (Lipinski definition) is 2. The Hall–Kier alpha value is -0.310. The molecule has 0 radical (unpaired) electrons. The summed E-state index contributed by atoms with van der Waals surface area (Å²) in [6.45, 7) is 3.10. The van der Waals surface area contributed by atoms with Gasteiger partial charge < -0.3 is 0 Å². The molecule has 0 aromatic carbocycles. The van der Waals surface area contributed by atoms with E-state index in [-0.39, 0.29) is 5.91 Å². The fraction of sp³-hybridized carbons (Fsp3) is 0.600. The molecule has 0 aliphatic heterocycles. The summed E-state index contributed by atoms with van der Waals surface area (Å²) in [7, 11) is 0. The molecule has 0 saturated carbocycles. The van der Waals surface area contributed by atoms with Gasteiger partial charge in [-0.15, -0.1) is 0 Å². The van der Waals surface area contributed by atoms with E-state index in [1.807, 2.05) is 6.26 Å². The minimum Gasteiger partial charge on any atom is -0.273 e. The van der Waals surface area contributed by atoms with Crippen molar-refractivity contribution in [2.45, 2.75) is 6.42 Å². The maximum atomic E-state index is 10.3. The number of rotatable bonds is 3. The minimum atomic E-state index is -0.112. The van der Waals surface area contributed by atoms with Crippen molar-refractivity contribution in [1.82, 2.24) is 0 Å². The van der Waals surface area contributed by atoms with Gasteiger partial charge in [0.15, 0.2) is 0 Å². The van der Waals surface area contributed by atoms with E-state index in [1.165, 1.54) is 0 Å². The smallest absolute Gasteiger partial charge is 0.245 e. The number of aliphatic imine (C=N–C) groups is 1. The molecule has 8 heavy (non-hydrogen) atoms. The zero-order valence-electron chi connectivity index (χ0n) is 4.89. The largest absolute Gasteiger partial charge is 0.273 e. The Morgan fingerprint density at radius 2 is 2.50 bits per heavy atom. The molecular weight excluding hydrogens is 122 g/mol. The van der Waals surface area contributed by atoms with Gasteiger partial charge in [-0.1, -0.05) is 0 Å². The first-order valence-electron chi connectivity index (χ1n) is 2.29. The van der Waals surface area contributed by atoms with Gasteiger partial charge >= 0.3 is 0 Å². The van der Waals surface area contributed by atoms with Crippen molar-refractivity contribution >= 4 is 24.4 Å². The van der Waals surface area contributed by atoms with Crippen molar-refractivity contribution in [3.8, 4) is 0 Å². The zero-order chi connectivity index (χ0) is 6.41. The topological polar surface area (TPSA) is 29.4 Å². The van der Waals surface area contributed by atoms with Crippen LogP contribution in [0.25, 0.3) is 0 Å². The molecule has 0 N–H and O–H groups in total. The van der Waals surface area contributed by atoms with Gasteiger partial charge in [-0.3, -0.25) is 4.79 Å². The lowest BCUT2D eigenvalue weighted by atomic mass is 10.5. The normalized spacial score (nSPS) is 8.62. The monoisotopic (exact) mass is 131 g/mol. The van der Waals surface area contributed by atoms with Crippen molar-refractivity contribution in [1.29, 1.82) is 0 Å². The Balaban J connectivity index is 3.11. The van der Waals surface area contributed by atoms with Crippen LogP contribution in [0.15, 0.2) is 4.99 Å². The molecular formula is C5H9NOS. The molecule has 0 aromatic heterocycles. The summed E-state index contributed by atoms with van der Waals surface area (Å²) in [5.74, 6) is 0.733. The van der Waals surface area contributed by atoms with E-state index in [0.29, 0.717) is 6.42 Å². The molecule has 0 spiro atoms. The van der Waals surface area contributed by atoms with Gasteiger partial charge in [-0.05, 0) is 13.0 Å². The van der Waals surface area contributed by atoms with Crippen LogP contribution in [0.4, 0.5) is 0 Å². The van der Waals surface area contributed by atoms with Gasteiger partial charge in [-0.2, -0.15) is 11.8 Å². The Labute approximate surface area is 53.4 Å². The van der Waals surface area contributed by atoms with Crippen LogP contribution in [0, 0.1) is 0 Å². The molecule has 1 amide bonds. The Morgan fingerprint density at radius 1 is 1.88 bits per heavy atom. The van der Waals surface area contributed by atoms with E-state index in [9.17, 15) is 4.79 Å². The van der Waals surface area contributed by atoms with Crippen LogP contribution in [-0.2, 0) is 4.79 Å². The Kier molecular flexibility index (Phi) is 4.65. The summed E-state index contributed by atoms with van der Waals surface area (Å²) < 4.78 is 0. The molecule has 2 nitrogen and oxygen atoms in total. The van der Waals surface area contributed by atoms with Crippen LogP contribution < -0.4 is 0 Å². The second kappa shape index (κ2) is 4.84.